The molecule has 13 heteroatoms. The highest BCUT2D eigenvalue weighted by Crippen LogP contribution is 2.27. The van der Waals surface area contributed by atoms with Gasteiger partial charge in [-0.1, -0.05) is 69.0 Å². The minimum absolute atomic E-state index is 0.0141. The normalized spacial score (nSPS) is 22.6. The fraction of sp³-hybridized carbons (Fsp3) is 0.538. The predicted molar refractivity (Wildman–Crippen MR) is 197 cm³/mol. The van der Waals surface area contributed by atoms with Gasteiger partial charge < -0.3 is 20.4 Å². The highest BCUT2D eigenvalue weighted by molar-refractivity contribution is 7.86. The molecule has 2 saturated heterocycles. The number of aryl methyl sites for hydroxylation is 1. The molecule has 3 heterocycles. The monoisotopic (exact) mass is 736 g/mol. The number of benzene rings is 2. The summed E-state index contributed by atoms with van der Waals surface area (Å²) in [5.74, 6) is -2.24. The number of nitrogens with one attached hydrogen (secondary N) is 2. The lowest BCUT2D eigenvalue weighted by Crippen LogP contribution is -2.61. The molecule has 3 aromatic rings. The maximum absolute atomic E-state index is 14.2. The summed E-state index contributed by atoms with van der Waals surface area (Å²) in [5.41, 5.74) is 2.53. The van der Waals surface area contributed by atoms with Crippen LogP contribution in [0.5, 0.6) is 0 Å². The lowest BCUT2D eigenvalue weighted by Gasteiger charge is -2.39. The second-order valence-corrected chi connectivity index (χ2v) is 15.8. The van der Waals surface area contributed by atoms with Gasteiger partial charge in [0.05, 0.1) is 23.1 Å². The number of para-hydroxylation sites is 1. The van der Waals surface area contributed by atoms with Crippen molar-refractivity contribution in [1.29, 1.82) is 0 Å². The lowest BCUT2D eigenvalue weighted by atomic mass is 9.87. The molecule has 0 unspecified atom stereocenters. The van der Waals surface area contributed by atoms with Crippen molar-refractivity contribution in [1.82, 2.24) is 20.3 Å². The summed E-state index contributed by atoms with van der Waals surface area (Å²) in [6.45, 7) is 6.14. The number of amides is 3. The average Bonchev–Trinajstić information content (AvgIpc) is 3.50. The highest BCUT2D eigenvalue weighted by Gasteiger charge is 2.41. The number of nitrogens with zero attached hydrogens (tertiary/aromatic N) is 2. The minimum Gasteiger partial charge on any atom is -0.417 e. The number of rotatable bonds is 13. The molecule has 52 heavy (non-hydrogen) atoms. The molecule has 2 aromatic carbocycles. The zero-order chi connectivity index (χ0) is 37.4. The smallest absolute Gasteiger partial charge is 0.296 e. The van der Waals surface area contributed by atoms with Crippen LogP contribution in [0.25, 0.3) is 10.9 Å². The number of carbonyl (C=O) groups excluding carboxylic acids is 4. The van der Waals surface area contributed by atoms with Crippen LogP contribution in [0.3, 0.4) is 0 Å². The fourth-order valence-corrected chi connectivity index (χ4v) is 8.15. The van der Waals surface area contributed by atoms with Gasteiger partial charge in [0, 0.05) is 36.9 Å². The van der Waals surface area contributed by atoms with Crippen molar-refractivity contribution in [2.75, 3.05) is 20.3 Å². The first kappa shape index (κ1) is 39.0. The Bertz CT molecular complexity index is 1840. The van der Waals surface area contributed by atoms with E-state index in [0.29, 0.717) is 45.1 Å². The van der Waals surface area contributed by atoms with E-state index in [0.717, 1.165) is 34.9 Å². The predicted octanol–water partition coefficient (Wildman–Crippen LogP) is 4.50. The number of hydrogen-bond acceptors (Lipinski definition) is 8. The van der Waals surface area contributed by atoms with Crippen LogP contribution in [0.1, 0.15) is 82.8 Å². The molecule has 5 atom stereocenters. The Morgan fingerprint density at radius 1 is 0.942 bits per heavy atom. The Morgan fingerprint density at radius 3 is 2.42 bits per heavy atom. The van der Waals surface area contributed by atoms with E-state index in [1.807, 2.05) is 45.0 Å². The topological polar surface area (TPSA) is 153 Å². The molecule has 2 N–H and O–H groups in total. The maximum atomic E-state index is 14.2. The highest BCUT2D eigenvalue weighted by atomic mass is 32.2. The number of fused-ring (bicyclic) bond motifs is 2. The molecule has 282 valence electrons. The molecule has 12 nitrogen and oxygen atoms in total. The Balaban J connectivity index is 1.36. The number of aromatic nitrogens is 1. The van der Waals surface area contributed by atoms with Crippen molar-refractivity contribution in [3.8, 4) is 0 Å². The summed E-state index contributed by atoms with van der Waals surface area (Å²) in [4.78, 5) is 63.7. The molecule has 0 aliphatic carbocycles. The van der Waals surface area contributed by atoms with Crippen LogP contribution >= 0.6 is 0 Å². The number of piperidine rings is 1. The standard InChI is InChI=1S/C39H52N4O8S/c1-5-27(3)36-39(47)42-21-11-10-16-34(42)35(44)24-28(13-7-6-12-22-51-52(48,49)30-19-17-26(2)18-20-30)37(45)40-32(38(46)41-36)23-29-25-43(50-4)33-15-9-8-14-31(29)33/h8-9,14-15,17-20,25,27-28,32,34,36H,5-7,10-13,16,21-24H2,1-4H3,(H,40,45)(H,41,46)/t27-,28-,32+,34-,36+/m1/s1. The quantitative estimate of drug-likeness (QED) is 0.192. The SMILES string of the molecule is CC[C@@H](C)[C@@H]1NC(=O)[C@H](Cc2cn(OC)c3ccccc23)NC(=O)[C@H](CCCCCOS(=O)(=O)c2ccc(C)cc2)CC(=O)[C@H]2CCCCN2C1=O. The van der Waals surface area contributed by atoms with Crippen molar-refractivity contribution in [3.63, 3.8) is 0 Å². The van der Waals surface area contributed by atoms with E-state index < -0.39 is 46.0 Å². The van der Waals surface area contributed by atoms with E-state index >= 15 is 0 Å². The zero-order valence-electron chi connectivity index (χ0n) is 30.6. The Morgan fingerprint density at radius 2 is 1.69 bits per heavy atom. The van der Waals surface area contributed by atoms with Crippen molar-refractivity contribution in [3.05, 3.63) is 65.9 Å². The molecule has 2 aliphatic heterocycles. The number of unbranched alkanes of at least 4 members (excludes halogenated alkanes) is 2. The second kappa shape index (κ2) is 17.5. The van der Waals surface area contributed by atoms with Gasteiger partial charge in [-0.25, -0.2) is 0 Å². The van der Waals surface area contributed by atoms with E-state index in [4.69, 9.17) is 9.02 Å². The number of carbonyl (C=O) groups is 4. The summed E-state index contributed by atoms with van der Waals surface area (Å²) in [6.07, 6.45) is 6.42. The molecular formula is C39H52N4O8S. The Hall–Kier alpha value is -4.23. The van der Waals surface area contributed by atoms with Gasteiger partial charge in [0.1, 0.15) is 19.2 Å². The molecule has 2 fully saturated rings. The number of hydrogen-bond donors (Lipinski definition) is 2. The Kier molecular flexibility index (Phi) is 13.1. The van der Waals surface area contributed by atoms with Crippen molar-refractivity contribution in [2.45, 2.75) is 108 Å². The lowest BCUT2D eigenvalue weighted by molar-refractivity contribution is -0.147. The summed E-state index contributed by atoms with van der Waals surface area (Å²) in [7, 11) is -2.34. The molecule has 0 spiro atoms. The Labute approximate surface area is 306 Å². The minimum atomic E-state index is -3.89. The van der Waals surface area contributed by atoms with E-state index in [1.165, 1.54) is 12.1 Å². The molecule has 2 aliphatic rings. The first-order valence-corrected chi connectivity index (χ1v) is 19.9. The van der Waals surface area contributed by atoms with Crippen LogP contribution in [0.2, 0.25) is 0 Å². The zero-order valence-corrected chi connectivity index (χ0v) is 31.5. The van der Waals surface area contributed by atoms with Crippen LogP contribution < -0.4 is 15.5 Å². The van der Waals surface area contributed by atoms with Crippen LogP contribution in [0.4, 0.5) is 0 Å². The molecule has 3 amide bonds. The van der Waals surface area contributed by atoms with Gasteiger partial charge in [-0.2, -0.15) is 13.1 Å². The third-order valence-electron chi connectivity index (χ3n) is 10.5. The fourth-order valence-electron chi connectivity index (χ4n) is 7.21. The average molecular weight is 737 g/mol. The van der Waals surface area contributed by atoms with E-state index in [1.54, 1.807) is 35.1 Å². The van der Waals surface area contributed by atoms with E-state index in [9.17, 15) is 27.6 Å². The largest absolute Gasteiger partial charge is 0.417 e. The summed E-state index contributed by atoms with van der Waals surface area (Å²) < 4.78 is 32.1. The van der Waals surface area contributed by atoms with Gasteiger partial charge >= 0.3 is 0 Å². The van der Waals surface area contributed by atoms with Crippen molar-refractivity contribution >= 4 is 44.5 Å². The van der Waals surface area contributed by atoms with E-state index in [-0.39, 0.29) is 42.0 Å². The first-order chi connectivity index (χ1) is 24.9. The van der Waals surface area contributed by atoms with Gasteiger partial charge in [0.15, 0.2) is 5.78 Å². The first-order valence-electron chi connectivity index (χ1n) is 18.5. The van der Waals surface area contributed by atoms with Gasteiger partial charge in [-0.15, -0.1) is 0 Å². The van der Waals surface area contributed by atoms with Crippen LogP contribution in [0.15, 0.2) is 59.6 Å². The van der Waals surface area contributed by atoms with Crippen LogP contribution in [-0.2, 0) is 39.9 Å². The van der Waals surface area contributed by atoms with Crippen molar-refractivity contribution < 1.29 is 36.6 Å². The molecule has 0 saturated carbocycles. The van der Waals surface area contributed by atoms with Gasteiger partial charge in [0.2, 0.25) is 17.7 Å². The number of Topliss-reactive ketones (excluding diaryl/α,β-unsaturated/α-hetero) is 1. The van der Waals surface area contributed by atoms with Crippen molar-refractivity contribution in [2.24, 2.45) is 11.8 Å². The molecular weight excluding hydrogens is 685 g/mol. The second-order valence-electron chi connectivity index (χ2n) is 14.2. The van der Waals surface area contributed by atoms with E-state index in [2.05, 4.69) is 10.6 Å². The molecule has 5 rings (SSSR count). The number of ketones is 1. The third kappa shape index (κ3) is 9.22. The molecule has 0 radical (unpaired) electrons. The van der Waals surface area contributed by atoms with Crippen LogP contribution in [0, 0.1) is 18.8 Å². The summed E-state index contributed by atoms with van der Waals surface area (Å²) in [6, 6.07) is 11.5. The summed E-state index contributed by atoms with van der Waals surface area (Å²) in [5, 5.41) is 6.83. The van der Waals surface area contributed by atoms with Gasteiger partial charge in [-0.3, -0.25) is 23.4 Å². The maximum Gasteiger partial charge on any atom is 0.296 e. The molecule has 0 bridgehead atoms. The summed E-state index contributed by atoms with van der Waals surface area (Å²) >= 11 is 0. The third-order valence-corrected chi connectivity index (χ3v) is 11.8. The van der Waals surface area contributed by atoms with Crippen LogP contribution in [-0.4, -0.2) is 79.9 Å². The van der Waals surface area contributed by atoms with Gasteiger partial charge in [-0.05, 0) is 68.7 Å². The van der Waals surface area contributed by atoms with Gasteiger partial charge in [0.25, 0.3) is 10.1 Å². The molecule has 1 aromatic heterocycles.